The molecule has 3 fully saturated rings. The summed E-state index contributed by atoms with van der Waals surface area (Å²) in [5.41, 5.74) is 0. The molecule has 1 N–H and O–H groups in total. The lowest BCUT2D eigenvalue weighted by molar-refractivity contribution is -0.130. The predicted octanol–water partition coefficient (Wildman–Crippen LogP) is 1.64. The molecule has 0 aromatic carbocycles. The van der Waals surface area contributed by atoms with Crippen LogP contribution in [0.2, 0.25) is 0 Å². The van der Waals surface area contributed by atoms with E-state index in [9.17, 15) is 9.59 Å². The second-order valence-electron chi connectivity index (χ2n) is 6.42. The van der Waals surface area contributed by atoms with Gasteiger partial charge in [0.1, 0.15) is 5.01 Å². The monoisotopic (exact) mass is 321 g/mol. The molecule has 1 aromatic heterocycles. The first-order valence-electron chi connectivity index (χ1n) is 7.78. The van der Waals surface area contributed by atoms with Crippen molar-refractivity contribution in [1.82, 2.24) is 20.0 Å². The van der Waals surface area contributed by atoms with Crippen molar-refractivity contribution >= 4 is 28.4 Å². The molecule has 3 aliphatic rings. The van der Waals surface area contributed by atoms with Gasteiger partial charge in [-0.15, -0.1) is 10.2 Å². The van der Waals surface area contributed by atoms with Gasteiger partial charge in [-0.1, -0.05) is 11.3 Å². The fourth-order valence-corrected chi connectivity index (χ4v) is 4.29. The lowest BCUT2D eigenvalue weighted by Gasteiger charge is -2.27. The van der Waals surface area contributed by atoms with Crippen LogP contribution in [-0.4, -0.2) is 57.6 Å². The highest BCUT2D eigenvalue weighted by Gasteiger charge is 2.42. The van der Waals surface area contributed by atoms with E-state index in [1.807, 2.05) is 11.9 Å². The van der Waals surface area contributed by atoms with Gasteiger partial charge >= 0.3 is 6.03 Å². The van der Waals surface area contributed by atoms with Crippen molar-refractivity contribution < 1.29 is 9.59 Å². The Bertz CT molecular complexity index is 614. The van der Waals surface area contributed by atoms with Crippen molar-refractivity contribution in [3.8, 4) is 0 Å². The Balaban J connectivity index is 1.48. The molecule has 2 atom stereocenters. The number of fused-ring (bicyclic) bond motifs is 2. The number of nitrogens with zero attached hydrogens (tertiary/aromatic N) is 4. The summed E-state index contributed by atoms with van der Waals surface area (Å²) in [7, 11) is 1.81. The highest BCUT2D eigenvalue weighted by atomic mass is 32.1. The maximum absolute atomic E-state index is 12.6. The summed E-state index contributed by atoms with van der Waals surface area (Å²) in [6.07, 6.45) is 4.63. The molecule has 1 saturated carbocycles. The van der Waals surface area contributed by atoms with Gasteiger partial charge in [-0.25, -0.2) is 4.79 Å². The fraction of sp³-hybridized carbons (Fsp3) is 0.714. The number of likely N-dealkylation sites (N-methyl/N-ethyl adjacent to an activating group) is 1. The smallest absolute Gasteiger partial charge is 0.324 e. The molecule has 0 spiro atoms. The molecule has 1 aliphatic carbocycles. The van der Waals surface area contributed by atoms with Crippen molar-refractivity contribution in [2.75, 3.05) is 18.9 Å². The third kappa shape index (κ3) is 2.45. The van der Waals surface area contributed by atoms with Crippen molar-refractivity contribution in [1.29, 1.82) is 0 Å². The number of carbonyl (C=O) groups excluding carboxylic acids is 2. The van der Waals surface area contributed by atoms with E-state index < -0.39 is 0 Å². The summed E-state index contributed by atoms with van der Waals surface area (Å²) >= 11 is 1.47. The van der Waals surface area contributed by atoms with Crippen LogP contribution in [-0.2, 0) is 4.79 Å². The Hall–Kier alpha value is -1.70. The summed E-state index contributed by atoms with van der Waals surface area (Å²) in [6, 6.07) is -0.0235. The molecule has 3 heterocycles. The first-order valence-corrected chi connectivity index (χ1v) is 8.60. The second-order valence-corrected chi connectivity index (χ2v) is 7.43. The molecule has 0 unspecified atom stereocenters. The van der Waals surface area contributed by atoms with E-state index in [-0.39, 0.29) is 24.0 Å². The zero-order valence-electron chi connectivity index (χ0n) is 12.5. The van der Waals surface area contributed by atoms with Gasteiger partial charge in [-0.05, 0) is 25.7 Å². The topological polar surface area (TPSA) is 78.4 Å². The molecule has 0 radical (unpaired) electrons. The van der Waals surface area contributed by atoms with Crippen LogP contribution >= 0.6 is 11.3 Å². The molecule has 7 nitrogen and oxygen atoms in total. The standard InChI is InChI=1S/C14H19N5O2S/c1-18-7-10-5-4-9(6-11(18)20)19(10)14(21)15-13-17-16-12(22-13)8-2-3-8/h8-10H,2-7H2,1H3,(H,15,17,21)/t9-,10+/m1/s1. The average molecular weight is 321 g/mol. The SMILES string of the molecule is CN1C[C@@H]2CC[C@H](CC1=O)N2C(=O)Nc1nnc(C2CC2)s1. The van der Waals surface area contributed by atoms with Crippen LogP contribution in [0.4, 0.5) is 9.93 Å². The molecule has 1 aromatic rings. The molecular weight excluding hydrogens is 302 g/mol. The number of amides is 3. The van der Waals surface area contributed by atoms with Gasteiger partial charge in [0.25, 0.3) is 0 Å². The van der Waals surface area contributed by atoms with E-state index in [1.54, 1.807) is 4.90 Å². The lowest BCUT2D eigenvalue weighted by atomic mass is 10.1. The van der Waals surface area contributed by atoms with E-state index in [1.165, 1.54) is 24.2 Å². The van der Waals surface area contributed by atoms with E-state index in [0.717, 1.165) is 17.8 Å². The third-order valence-electron chi connectivity index (χ3n) is 4.76. The Morgan fingerprint density at radius 3 is 2.77 bits per heavy atom. The number of anilines is 1. The molecule has 2 aliphatic heterocycles. The normalized spacial score (nSPS) is 28.0. The Kier molecular flexibility index (Phi) is 3.28. The summed E-state index contributed by atoms with van der Waals surface area (Å²) in [6.45, 7) is 0.617. The quantitative estimate of drug-likeness (QED) is 0.898. The van der Waals surface area contributed by atoms with Crippen LogP contribution in [0.15, 0.2) is 0 Å². The number of carbonyl (C=O) groups is 2. The van der Waals surface area contributed by atoms with Crippen LogP contribution in [0.5, 0.6) is 0 Å². The maximum Gasteiger partial charge on any atom is 0.324 e. The van der Waals surface area contributed by atoms with Crippen molar-refractivity contribution in [3.05, 3.63) is 5.01 Å². The predicted molar refractivity (Wildman–Crippen MR) is 81.8 cm³/mol. The molecule has 3 amide bonds. The molecule has 22 heavy (non-hydrogen) atoms. The van der Waals surface area contributed by atoms with Crippen molar-refractivity contribution in [2.24, 2.45) is 0 Å². The molecule has 2 saturated heterocycles. The number of likely N-dealkylation sites (tertiary alicyclic amines) is 1. The zero-order valence-corrected chi connectivity index (χ0v) is 13.3. The molecule has 8 heteroatoms. The van der Waals surface area contributed by atoms with Crippen LogP contribution in [0.3, 0.4) is 0 Å². The van der Waals surface area contributed by atoms with Crippen LogP contribution in [0.1, 0.15) is 43.0 Å². The Morgan fingerprint density at radius 1 is 1.23 bits per heavy atom. The number of urea groups is 1. The minimum atomic E-state index is -0.144. The number of hydrogen-bond donors (Lipinski definition) is 1. The summed E-state index contributed by atoms with van der Waals surface area (Å²) in [5.74, 6) is 0.667. The first kappa shape index (κ1) is 13.9. The van der Waals surface area contributed by atoms with E-state index >= 15 is 0 Å². The minimum absolute atomic E-state index is 0.0123. The Labute approximate surface area is 132 Å². The van der Waals surface area contributed by atoms with Gasteiger partial charge < -0.3 is 9.80 Å². The third-order valence-corrected chi connectivity index (χ3v) is 5.76. The first-order chi connectivity index (χ1) is 10.6. The van der Waals surface area contributed by atoms with Gasteiger partial charge in [0.2, 0.25) is 11.0 Å². The van der Waals surface area contributed by atoms with Gasteiger partial charge in [0.15, 0.2) is 0 Å². The summed E-state index contributed by atoms with van der Waals surface area (Å²) < 4.78 is 0. The number of hydrogen-bond acceptors (Lipinski definition) is 5. The lowest BCUT2D eigenvalue weighted by Crippen LogP contribution is -2.45. The Morgan fingerprint density at radius 2 is 2.00 bits per heavy atom. The van der Waals surface area contributed by atoms with Gasteiger partial charge in [-0.2, -0.15) is 0 Å². The van der Waals surface area contributed by atoms with Crippen LogP contribution < -0.4 is 5.32 Å². The average Bonchev–Trinajstić information content (AvgIpc) is 3.13. The van der Waals surface area contributed by atoms with Crippen molar-refractivity contribution in [3.63, 3.8) is 0 Å². The largest absolute Gasteiger partial charge is 0.344 e. The minimum Gasteiger partial charge on any atom is -0.344 e. The summed E-state index contributed by atoms with van der Waals surface area (Å²) in [4.78, 5) is 28.2. The molecule has 4 rings (SSSR count). The van der Waals surface area contributed by atoms with Gasteiger partial charge in [-0.3, -0.25) is 10.1 Å². The van der Waals surface area contributed by atoms with Gasteiger partial charge in [0.05, 0.1) is 6.04 Å². The fourth-order valence-electron chi connectivity index (χ4n) is 3.38. The van der Waals surface area contributed by atoms with Gasteiger partial charge in [0, 0.05) is 32.0 Å². The van der Waals surface area contributed by atoms with Crippen molar-refractivity contribution in [2.45, 2.75) is 50.1 Å². The molecule has 2 bridgehead atoms. The number of aromatic nitrogens is 2. The summed E-state index contributed by atoms with van der Waals surface area (Å²) in [5, 5.41) is 12.7. The molecule has 118 valence electrons. The number of rotatable bonds is 2. The second kappa shape index (κ2) is 5.19. The highest BCUT2D eigenvalue weighted by molar-refractivity contribution is 7.15. The van der Waals surface area contributed by atoms with Crippen LogP contribution in [0, 0.1) is 0 Å². The van der Waals surface area contributed by atoms with E-state index in [2.05, 4.69) is 15.5 Å². The highest BCUT2D eigenvalue weighted by Crippen LogP contribution is 2.42. The van der Waals surface area contributed by atoms with E-state index in [4.69, 9.17) is 0 Å². The molecular formula is C14H19N5O2S. The maximum atomic E-state index is 12.6. The van der Waals surface area contributed by atoms with E-state index in [0.29, 0.717) is 24.0 Å². The zero-order chi connectivity index (χ0) is 15.3. The van der Waals surface area contributed by atoms with Crippen LogP contribution in [0.25, 0.3) is 0 Å². The number of nitrogens with one attached hydrogen (secondary N) is 1.